The molecular formula is C23H22N6O4. The van der Waals surface area contributed by atoms with Crippen LogP contribution in [0.1, 0.15) is 29.6 Å². The van der Waals surface area contributed by atoms with Crippen LogP contribution >= 0.6 is 0 Å². The number of nitrogens with zero attached hydrogens (tertiary/aromatic N) is 5. The van der Waals surface area contributed by atoms with Gasteiger partial charge in [-0.3, -0.25) is 19.6 Å². The van der Waals surface area contributed by atoms with Crippen LogP contribution in [0.2, 0.25) is 0 Å². The molecule has 2 amide bonds. The molecular weight excluding hydrogens is 424 g/mol. The minimum absolute atomic E-state index is 0. The molecule has 0 aliphatic carbocycles. The fourth-order valence-corrected chi connectivity index (χ4v) is 3.47. The number of anilines is 1. The van der Waals surface area contributed by atoms with Crippen molar-refractivity contribution in [2.75, 3.05) is 18.6 Å². The number of carbonyl (C=O) groups excluding carboxylic acids is 2. The van der Waals surface area contributed by atoms with Gasteiger partial charge in [0.1, 0.15) is 18.4 Å². The standard InChI is InChI=1S/C22H18N6O4.CH4/c1-28-17-10-14-15(24-8-7-23-14)11-18(17)31-12-16(22(28)30)25-20(29)21-27-26-19(32-21)9-13-5-3-2-4-6-13;/h2-8,10-11,16H,9,12H2,1H3,(H,25,29);1H4/t16-;/m0./s1. The van der Waals surface area contributed by atoms with E-state index >= 15 is 0 Å². The molecule has 10 nitrogen and oxygen atoms in total. The first-order valence-corrected chi connectivity index (χ1v) is 9.91. The van der Waals surface area contributed by atoms with E-state index in [1.54, 1.807) is 31.6 Å². The number of fused-ring (bicyclic) bond motifs is 2. The lowest BCUT2D eigenvalue weighted by Gasteiger charge is -2.20. The number of amides is 2. The van der Waals surface area contributed by atoms with Crippen molar-refractivity contribution in [3.63, 3.8) is 0 Å². The molecule has 1 atom stereocenters. The molecule has 33 heavy (non-hydrogen) atoms. The Morgan fingerprint density at radius 2 is 1.85 bits per heavy atom. The van der Waals surface area contributed by atoms with Gasteiger partial charge in [0.15, 0.2) is 0 Å². The van der Waals surface area contributed by atoms with Crippen molar-refractivity contribution in [1.82, 2.24) is 25.5 Å². The van der Waals surface area contributed by atoms with Crippen LogP contribution in [0.3, 0.4) is 0 Å². The van der Waals surface area contributed by atoms with Crippen molar-refractivity contribution in [1.29, 1.82) is 0 Å². The van der Waals surface area contributed by atoms with Gasteiger partial charge in [-0.05, 0) is 11.6 Å². The zero-order chi connectivity index (χ0) is 22.1. The van der Waals surface area contributed by atoms with E-state index < -0.39 is 11.9 Å². The Morgan fingerprint density at radius 3 is 2.61 bits per heavy atom. The molecule has 0 unspecified atom stereocenters. The Labute approximate surface area is 189 Å². The first-order valence-electron chi connectivity index (χ1n) is 9.91. The Kier molecular flexibility index (Phi) is 5.99. The van der Waals surface area contributed by atoms with E-state index in [4.69, 9.17) is 9.15 Å². The van der Waals surface area contributed by atoms with Gasteiger partial charge in [-0.2, -0.15) is 0 Å². The highest BCUT2D eigenvalue weighted by Gasteiger charge is 2.32. The molecule has 2 aromatic carbocycles. The van der Waals surface area contributed by atoms with Gasteiger partial charge in [0.25, 0.3) is 5.91 Å². The Bertz CT molecular complexity index is 1310. The summed E-state index contributed by atoms with van der Waals surface area (Å²) in [5.74, 6) is -0.419. The maximum atomic E-state index is 13.0. The Balaban J connectivity index is 0.00000259. The third-order valence-electron chi connectivity index (χ3n) is 5.11. The number of hydrogen-bond donors (Lipinski definition) is 1. The number of rotatable bonds is 4. The second kappa shape index (κ2) is 9.03. The van der Waals surface area contributed by atoms with E-state index in [1.165, 1.54) is 4.90 Å². The van der Waals surface area contributed by atoms with Gasteiger partial charge >= 0.3 is 11.8 Å². The molecule has 0 fully saturated rings. The van der Waals surface area contributed by atoms with E-state index in [9.17, 15) is 9.59 Å². The van der Waals surface area contributed by atoms with Gasteiger partial charge in [0.2, 0.25) is 5.89 Å². The highest BCUT2D eigenvalue weighted by Crippen LogP contribution is 2.33. The van der Waals surface area contributed by atoms with Crippen LogP contribution in [0, 0.1) is 0 Å². The number of carbonyl (C=O) groups is 2. The van der Waals surface area contributed by atoms with Gasteiger partial charge in [-0.25, -0.2) is 0 Å². The van der Waals surface area contributed by atoms with Gasteiger partial charge in [0.05, 0.1) is 23.1 Å². The molecule has 0 radical (unpaired) electrons. The largest absolute Gasteiger partial charge is 0.489 e. The molecule has 5 rings (SSSR count). The minimum atomic E-state index is -0.937. The zero-order valence-electron chi connectivity index (χ0n) is 17.1. The second-order valence-corrected chi connectivity index (χ2v) is 7.26. The monoisotopic (exact) mass is 446 g/mol. The molecule has 3 heterocycles. The van der Waals surface area contributed by atoms with Crippen LogP contribution in [0.4, 0.5) is 5.69 Å². The van der Waals surface area contributed by atoms with Gasteiger partial charge < -0.3 is 19.4 Å². The SMILES string of the molecule is C.CN1C(=O)[C@@H](NC(=O)c2nnc(Cc3ccccc3)o2)COc2cc3nccnc3cc21. The fourth-order valence-electron chi connectivity index (χ4n) is 3.47. The minimum Gasteiger partial charge on any atom is -0.489 e. The number of hydrogen-bond acceptors (Lipinski definition) is 8. The van der Waals surface area contributed by atoms with Crippen molar-refractivity contribution in [2.45, 2.75) is 19.9 Å². The molecule has 0 saturated carbocycles. The number of nitrogens with one attached hydrogen (secondary N) is 1. The summed E-state index contributed by atoms with van der Waals surface area (Å²) < 4.78 is 11.3. The lowest BCUT2D eigenvalue weighted by Crippen LogP contribution is -2.49. The van der Waals surface area contributed by atoms with Crippen LogP contribution in [0.15, 0.2) is 59.3 Å². The summed E-state index contributed by atoms with van der Waals surface area (Å²) in [5.41, 5.74) is 2.80. The summed E-state index contributed by atoms with van der Waals surface area (Å²) in [6.07, 6.45) is 3.56. The third kappa shape index (κ3) is 4.36. The van der Waals surface area contributed by atoms with Crippen molar-refractivity contribution in [3.05, 3.63) is 72.2 Å². The van der Waals surface area contributed by atoms with Crippen molar-refractivity contribution < 1.29 is 18.7 Å². The second-order valence-electron chi connectivity index (χ2n) is 7.26. The van der Waals surface area contributed by atoms with E-state index in [0.717, 1.165) is 5.56 Å². The summed E-state index contributed by atoms with van der Waals surface area (Å²) in [6, 6.07) is 12.1. The van der Waals surface area contributed by atoms with Crippen molar-refractivity contribution in [2.24, 2.45) is 0 Å². The van der Waals surface area contributed by atoms with Crippen LogP contribution in [-0.4, -0.2) is 51.7 Å². The molecule has 0 bridgehead atoms. The predicted octanol–water partition coefficient (Wildman–Crippen LogP) is 2.39. The number of aromatic nitrogens is 4. The number of benzene rings is 2. The zero-order valence-corrected chi connectivity index (χ0v) is 17.1. The first kappa shape index (κ1) is 21.9. The highest BCUT2D eigenvalue weighted by molar-refractivity contribution is 6.03. The molecule has 1 N–H and O–H groups in total. The molecule has 168 valence electrons. The summed E-state index contributed by atoms with van der Waals surface area (Å²) in [6.45, 7) is -0.0569. The molecule has 0 spiro atoms. The molecule has 4 aromatic rings. The van der Waals surface area contributed by atoms with Gasteiger partial charge in [0, 0.05) is 25.5 Å². The first-order chi connectivity index (χ1) is 15.6. The predicted molar refractivity (Wildman–Crippen MR) is 120 cm³/mol. The quantitative estimate of drug-likeness (QED) is 0.507. The normalized spacial score (nSPS) is 15.2. The summed E-state index contributed by atoms with van der Waals surface area (Å²) in [7, 11) is 1.61. The topological polar surface area (TPSA) is 123 Å². The van der Waals surface area contributed by atoms with E-state index in [1.807, 2.05) is 30.3 Å². The average molecular weight is 446 g/mol. The van der Waals surface area contributed by atoms with Crippen LogP contribution in [0.5, 0.6) is 5.75 Å². The fraction of sp³-hybridized carbons (Fsp3) is 0.217. The van der Waals surface area contributed by atoms with Gasteiger partial charge in [-0.1, -0.05) is 37.8 Å². The lowest BCUT2D eigenvalue weighted by molar-refractivity contribution is -0.120. The van der Waals surface area contributed by atoms with E-state index in [0.29, 0.717) is 34.8 Å². The molecule has 1 aliphatic rings. The van der Waals surface area contributed by atoms with E-state index in [-0.39, 0.29) is 25.8 Å². The Morgan fingerprint density at radius 1 is 1.12 bits per heavy atom. The molecule has 10 heteroatoms. The van der Waals surface area contributed by atoms with Crippen LogP contribution in [-0.2, 0) is 11.2 Å². The Hall–Kier alpha value is -4.34. The maximum absolute atomic E-state index is 13.0. The maximum Gasteiger partial charge on any atom is 0.309 e. The summed E-state index contributed by atoms with van der Waals surface area (Å²) >= 11 is 0. The number of ether oxygens (including phenoxy) is 1. The number of likely N-dealkylation sites (N-methyl/N-ethyl adjacent to an activating group) is 1. The van der Waals surface area contributed by atoms with Crippen LogP contribution < -0.4 is 15.0 Å². The highest BCUT2D eigenvalue weighted by atomic mass is 16.5. The van der Waals surface area contributed by atoms with Crippen molar-refractivity contribution in [3.8, 4) is 5.75 Å². The lowest BCUT2D eigenvalue weighted by atomic mass is 10.2. The van der Waals surface area contributed by atoms with Gasteiger partial charge in [-0.15, -0.1) is 10.2 Å². The molecule has 0 saturated heterocycles. The van der Waals surface area contributed by atoms with Crippen molar-refractivity contribution >= 4 is 28.5 Å². The average Bonchev–Trinajstić information content (AvgIpc) is 3.25. The smallest absolute Gasteiger partial charge is 0.309 e. The molecule has 2 aromatic heterocycles. The third-order valence-corrected chi connectivity index (χ3v) is 5.11. The van der Waals surface area contributed by atoms with Crippen LogP contribution in [0.25, 0.3) is 11.0 Å². The molecule has 1 aliphatic heterocycles. The summed E-state index contributed by atoms with van der Waals surface area (Å²) in [4.78, 5) is 35.6. The summed E-state index contributed by atoms with van der Waals surface area (Å²) in [5, 5.41) is 10.4. The van der Waals surface area contributed by atoms with E-state index in [2.05, 4.69) is 25.5 Å².